The largest absolute Gasteiger partial charge is 0.312 e. The molecule has 3 heterocycles. The first-order valence-corrected chi connectivity index (χ1v) is 8.15. The molecule has 0 radical (unpaired) electrons. The summed E-state index contributed by atoms with van der Waals surface area (Å²) < 4.78 is 26.6. The zero-order chi connectivity index (χ0) is 14.2. The van der Waals surface area contributed by atoms with Gasteiger partial charge in [-0.3, -0.25) is 0 Å². The minimum Gasteiger partial charge on any atom is -0.312 e. The van der Waals surface area contributed by atoms with E-state index in [9.17, 15) is 8.42 Å². The molecule has 2 aliphatic heterocycles. The van der Waals surface area contributed by atoms with Crippen LogP contribution in [-0.4, -0.2) is 43.4 Å². The molecule has 3 rings (SSSR count). The normalized spacial score (nSPS) is 26.9. The number of sulfonamides is 1. The zero-order valence-corrected chi connectivity index (χ0v) is 11.8. The van der Waals surface area contributed by atoms with Crippen molar-refractivity contribution in [3.63, 3.8) is 0 Å². The maximum absolute atomic E-state index is 12.6. The van der Waals surface area contributed by atoms with Crippen LogP contribution >= 0.6 is 0 Å². The number of nitriles is 1. The average Bonchev–Trinajstić information content (AvgIpc) is 2.92. The molecule has 1 N–H and O–H groups in total. The second kappa shape index (κ2) is 5.13. The third-order valence-electron chi connectivity index (χ3n) is 4.05. The van der Waals surface area contributed by atoms with Crippen molar-refractivity contribution in [3.05, 3.63) is 24.0 Å². The van der Waals surface area contributed by atoms with Crippen molar-refractivity contribution < 1.29 is 8.42 Å². The molecule has 0 amide bonds. The van der Waals surface area contributed by atoms with Gasteiger partial charge in [-0.1, -0.05) is 0 Å². The molecule has 1 aromatic heterocycles. The first-order chi connectivity index (χ1) is 9.61. The highest BCUT2D eigenvalue weighted by Gasteiger charge is 2.40. The van der Waals surface area contributed by atoms with E-state index < -0.39 is 10.0 Å². The molecule has 1 aromatic rings. The lowest BCUT2D eigenvalue weighted by Gasteiger charge is -2.24. The van der Waals surface area contributed by atoms with E-state index in [1.165, 1.54) is 22.6 Å². The number of nitrogens with one attached hydrogen (secondary N) is 1. The molecule has 0 saturated carbocycles. The van der Waals surface area contributed by atoms with E-state index in [1.54, 1.807) is 0 Å². The number of rotatable bonds is 2. The SMILES string of the molecule is N#Cc1ccc(S(=O)(=O)N2CC3CCCNC3C2)cn1. The van der Waals surface area contributed by atoms with Gasteiger partial charge in [-0.2, -0.15) is 9.57 Å². The molecular weight excluding hydrogens is 276 g/mol. The lowest BCUT2D eigenvalue weighted by atomic mass is 9.94. The summed E-state index contributed by atoms with van der Waals surface area (Å²) in [5, 5.41) is 12.1. The second-order valence-corrected chi connectivity index (χ2v) is 7.21. The molecular formula is C13H16N4O2S. The van der Waals surface area contributed by atoms with E-state index >= 15 is 0 Å². The van der Waals surface area contributed by atoms with Gasteiger partial charge < -0.3 is 5.32 Å². The van der Waals surface area contributed by atoms with Crippen molar-refractivity contribution >= 4 is 10.0 Å². The lowest BCUT2D eigenvalue weighted by molar-refractivity contribution is 0.339. The summed E-state index contributed by atoms with van der Waals surface area (Å²) in [7, 11) is -3.50. The fourth-order valence-corrected chi connectivity index (χ4v) is 4.42. The Labute approximate surface area is 118 Å². The van der Waals surface area contributed by atoms with E-state index in [0.29, 0.717) is 19.0 Å². The Hall–Kier alpha value is -1.49. The van der Waals surface area contributed by atoms with Crippen LogP contribution in [0.5, 0.6) is 0 Å². The molecule has 0 spiro atoms. The highest BCUT2D eigenvalue weighted by Crippen LogP contribution is 2.29. The van der Waals surface area contributed by atoms with Crippen molar-refractivity contribution in [1.29, 1.82) is 5.26 Å². The molecule has 0 aliphatic carbocycles. The van der Waals surface area contributed by atoms with Gasteiger partial charge in [0.2, 0.25) is 10.0 Å². The molecule has 2 unspecified atom stereocenters. The van der Waals surface area contributed by atoms with Gasteiger partial charge in [0.25, 0.3) is 0 Å². The molecule has 0 bridgehead atoms. The van der Waals surface area contributed by atoms with Gasteiger partial charge in [0.15, 0.2) is 0 Å². The number of pyridine rings is 1. The molecule has 6 nitrogen and oxygen atoms in total. The topological polar surface area (TPSA) is 86.1 Å². The van der Waals surface area contributed by atoms with Crippen LogP contribution in [0.25, 0.3) is 0 Å². The molecule has 2 aliphatic rings. The number of nitrogens with zero attached hydrogens (tertiary/aromatic N) is 3. The summed E-state index contributed by atoms with van der Waals surface area (Å²) in [5.74, 6) is 0.407. The molecule has 106 valence electrons. The number of piperidine rings is 1. The van der Waals surface area contributed by atoms with Crippen LogP contribution in [0.2, 0.25) is 0 Å². The summed E-state index contributed by atoms with van der Waals surface area (Å²) in [6, 6.07) is 5.05. The van der Waals surface area contributed by atoms with E-state index in [2.05, 4.69) is 10.3 Å². The van der Waals surface area contributed by atoms with Crippen molar-refractivity contribution in [3.8, 4) is 6.07 Å². The first kappa shape index (κ1) is 13.5. The van der Waals surface area contributed by atoms with Gasteiger partial charge in [0.1, 0.15) is 16.7 Å². The molecule has 0 aromatic carbocycles. The number of hydrogen-bond acceptors (Lipinski definition) is 5. The monoisotopic (exact) mass is 292 g/mol. The summed E-state index contributed by atoms with van der Waals surface area (Å²) in [4.78, 5) is 4.01. The van der Waals surface area contributed by atoms with Crippen LogP contribution in [0.15, 0.2) is 23.2 Å². The Balaban J connectivity index is 1.83. The Kier molecular flexibility index (Phi) is 3.46. The molecule has 2 atom stereocenters. The van der Waals surface area contributed by atoms with E-state index in [1.807, 2.05) is 6.07 Å². The van der Waals surface area contributed by atoms with Crippen molar-refractivity contribution in [2.24, 2.45) is 5.92 Å². The van der Waals surface area contributed by atoms with E-state index in [4.69, 9.17) is 5.26 Å². The van der Waals surface area contributed by atoms with Crippen LogP contribution in [0.3, 0.4) is 0 Å². The van der Waals surface area contributed by atoms with Crippen molar-refractivity contribution in [2.45, 2.75) is 23.8 Å². The fourth-order valence-electron chi connectivity index (χ4n) is 2.95. The number of aromatic nitrogens is 1. The highest BCUT2D eigenvalue weighted by atomic mass is 32.2. The summed E-state index contributed by atoms with van der Waals surface area (Å²) in [6.07, 6.45) is 3.45. The summed E-state index contributed by atoms with van der Waals surface area (Å²) >= 11 is 0. The Morgan fingerprint density at radius 2 is 2.25 bits per heavy atom. The van der Waals surface area contributed by atoms with Crippen molar-refractivity contribution in [2.75, 3.05) is 19.6 Å². The fraction of sp³-hybridized carbons (Fsp3) is 0.538. The van der Waals surface area contributed by atoms with Gasteiger partial charge >= 0.3 is 0 Å². The van der Waals surface area contributed by atoms with E-state index in [0.717, 1.165) is 19.4 Å². The number of fused-ring (bicyclic) bond motifs is 1. The van der Waals surface area contributed by atoms with Gasteiger partial charge in [-0.25, -0.2) is 13.4 Å². The van der Waals surface area contributed by atoms with Crippen LogP contribution < -0.4 is 5.32 Å². The van der Waals surface area contributed by atoms with Gasteiger partial charge in [-0.05, 0) is 37.4 Å². The van der Waals surface area contributed by atoms with Crippen LogP contribution in [-0.2, 0) is 10.0 Å². The molecule has 7 heteroatoms. The van der Waals surface area contributed by atoms with E-state index in [-0.39, 0.29) is 16.6 Å². The Morgan fingerprint density at radius 1 is 1.40 bits per heavy atom. The molecule has 2 saturated heterocycles. The predicted octanol–water partition coefficient (Wildman–Crippen LogP) is 0.326. The zero-order valence-electron chi connectivity index (χ0n) is 11.0. The first-order valence-electron chi connectivity index (χ1n) is 6.71. The highest BCUT2D eigenvalue weighted by molar-refractivity contribution is 7.89. The van der Waals surface area contributed by atoms with Crippen LogP contribution in [0, 0.1) is 17.2 Å². The maximum Gasteiger partial charge on any atom is 0.244 e. The quantitative estimate of drug-likeness (QED) is 0.848. The predicted molar refractivity (Wildman–Crippen MR) is 72.2 cm³/mol. The smallest absolute Gasteiger partial charge is 0.244 e. The van der Waals surface area contributed by atoms with Gasteiger partial charge in [0.05, 0.1) is 0 Å². The third-order valence-corrected chi connectivity index (χ3v) is 5.87. The second-order valence-electron chi connectivity index (χ2n) is 5.28. The van der Waals surface area contributed by atoms with Crippen LogP contribution in [0.4, 0.5) is 0 Å². The third kappa shape index (κ3) is 2.30. The Bertz CT molecular complexity index is 621. The number of hydrogen-bond donors (Lipinski definition) is 1. The average molecular weight is 292 g/mol. The molecule has 2 fully saturated rings. The standard InChI is InChI=1S/C13H16N4O2S/c14-6-11-3-4-12(7-16-11)20(18,19)17-8-10-2-1-5-15-13(10)9-17/h3-4,7,10,13,15H,1-2,5,8-9H2. The van der Waals surface area contributed by atoms with Crippen molar-refractivity contribution in [1.82, 2.24) is 14.6 Å². The summed E-state index contributed by atoms with van der Waals surface area (Å²) in [6.45, 7) is 2.06. The maximum atomic E-state index is 12.6. The minimum absolute atomic E-state index is 0.162. The minimum atomic E-state index is -3.50. The Morgan fingerprint density at radius 3 is 2.90 bits per heavy atom. The molecule has 20 heavy (non-hydrogen) atoms. The van der Waals surface area contributed by atoms with Gasteiger partial charge in [-0.15, -0.1) is 0 Å². The van der Waals surface area contributed by atoms with Gasteiger partial charge in [0, 0.05) is 25.3 Å². The van der Waals surface area contributed by atoms with Crippen LogP contribution in [0.1, 0.15) is 18.5 Å². The lowest BCUT2D eigenvalue weighted by Crippen LogP contribution is -2.41. The summed E-state index contributed by atoms with van der Waals surface area (Å²) in [5.41, 5.74) is 0.223.